The first-order valence-electron chi connectivity index (χ1n) is 5.63. The van der Waals surface area contributed by atoms with Crippen LogP contribution in [-0.4, -0.2) is 42.6 Å². The van der Waals surface area contributed by atoms with Crippen LogP contribution in [0.3, 0.4) is 0 Å². The Morgan fingerprint density at radius 2 is 1.76 bits per heavy atom. The van der Waals surface area contributed by atoms with E-state index in [9.17, 15) is 13.2 Å². The molecule has 102 valence electrons. The molecule has 0 bridgehead atoms. The van der Waals surface area contributed by atoms with Crippen LogP contribution >= 0.6 is 0 Å². The molecular weight excluding hydrogens is 242 g/mol. The first kappa shape index (κ1) is 16.4. The number of carbonyl (C=O) groups is 1. The van der Waals surface area contributed by atoms with Crippen molar-refractivity contribution in [1.29, 1.82) is 0 Å². The van der Waals surface area contributed by atoms with Gasteiger partial charge in [-0.1, -0.05) is 6.92 Å². The Balaban J connectivity index is 4.98. The highest BCUT2D eigenvalue weighted by atomic mass is 32.2. The van der Waals surface area contributed by atoms with E-state index in [1.165, 1.54) is 13.8 Å². The average Bonchev–Trinajstić information content (AvgIpc) is 2.16. The molecule has 5 nitrogen and oxygen atoms in total. The van der Waals surface area contributed by atoms with Gasteiger partial charge in [0, 0.05) is 18.4 Å². The van der Waals surface area contributed by atoms with Crippen LogP contribution in [0.15, 0.2) is 0 Å². The molecular formula is C11H23NO4S. The summed E-state index contributed by atoms with van der Waals surface area (Å²) in [6.45, 7) is 6.38. The molecule has 1 atom stereocenters. The number of rotatable bonds is 6. The molecule has 0 aliphatic rings. The number of nitrogens with one attached hydrogen (secondary N) is 1. The Hall–Kier alpha value is -0.620. The number of sulfone groups is 1. The maximum Gasteiger partial charge on any atom is 0.241 e. The molecule has 0 aromatic carbocycles. The maximum absolute atomic E-state index is 12.0. The lowest BCUT2D eigenvalue weighted by Crippen LogP contribution is -2.55. The van der Waals surface area contributed by atoms with E-state index in [0.717, 1.165) is 6.26 Å². The summed E-state index contributed by atoms with van der Waals surface area (Å²) in [4.78, 5) is 12.0. The summed E-state index contributed by atoms with van der Waals surface area (Å²) in [6.07, 6.45) is 2.07. The number of hydrogen-bond acceptors (Lipinski definition) is 4. The Morgan fingerprint density at radius 1 is 1.29 bits per heavy atom. The Kier molecular flexibility index (Phi) is 5.16. The van der Waals surface area contributed by atoms with Crippen molar-refractivity contribution in [2.45, 2.75) is 50.8 Å². The monoisotopic (exact) mass is 265 g/mol. The predicted molar refractivity (Wildman–Crippen MR) is 67.5 cm³/mol. The summed E-state index contributed by atoms with van der Waals surface area (Å²) in [5.74, 6) is -0.530. The molecule has 0 aliphatic heterocycles. The molecule has 0 rings (SSSR count). The summed E-state index contributed by atoms with van der Waals surface area (Å²) < 4.78 is 21.6. The number of aliphatic hydroxyl groups excluding tert-OH is 1. The van der Waals surface area contributed by atoms with Gasteiger partial charge in [-0.15, -0.1) is 0 Å². The van der Waals surface area contributed by atoms with Gasteiger partial charge in [-0.3, -0.25) is 4.79 Å². The molecule has 0 aromatic heterocycles. The van der Waals surface area contributed by atoms with Crippen molar-refractivity contribution in [2.24, 2.45) is 0 Å². The topological polar surface area (TPSA) is 83.5 Å². The predicted octanol–water partition coefficient (Wildman–Crippen LogP) is 0.477. The molecule has 2 N–H and O–H groups in total. The Bertz CT molecular complexity index is 375. The van der Waals surface area contributed by atoms with Crippen molar-refractivity contribution < 1.29 is 18.3 Å². The number of carbonyl (C=O) groups excluding carboxylic acids is 1. The van der Waals surface area contributed by atoms with Gasteiger partial charge in [0.2, 0.25) is 5.91 Å². The molecule has 1 amide bonds. The lowest BCUT2D eigenvalue weighted by molar-refractivity contribution is -0.124. The SMILES string of the molecule is CCC(C)(CCO)NC(=O)C(C)(C)S(C)(=O)=O. The summed E-state index contributed by atoms with van der Waals surface area (Å²) in [5, 5.41) is 11.7. The van der Waals surface area contributed by atoms with Crippen LogP contribution in [0, 0.1) is 0 Å². The Labute approximate surface area is 104 Å². The van der Waals surface area contributed by atoms with E-state index in [4.69, 9.17) is 5.11 Å². The molecule has 1 unspecified atom stereocenters. The van der Waals surface area contributed by atoms with Crippen LogP contribution in [-0.2, 0) is 14.6 Å². The summed E-state index contributed by atoms with van der Waals surface area (Å²) in [7, 11) is -3.47. The lowest BCUT2D eigenvalue weighted by Gasteiger charge is -2.33. The third-order valence-electron chi connectivity index (χ3n) is 3.33. The van der Waals surface area contributed by atoms with Gasteiger partial charge in [0.15, 0.2) is 9.84 Å². The van der Waals surface area contributed by atoms with Crippen molar-refractivity contribution in [3.8, 4) is 0 Å². The largest absolute Gasteiger partial charge is 0.396 e. The maximum atomic E-state index is 12.0. The van der Waals surface area contributed by atoms with Crippen LogP contribution in [0.4, 0.5) is 0 Å². The molecule has 0 spiro atoms. The molecule has 0 aliphatic carbocycles. The van der Waals surface area contributed by atoms with Crippen molar-refractivity contribution in [3.63, 3.8) is 0 Å². The second-order valence-electron chi connectivity index (χ2n) is 5.12. The minimum atomic E-state index is -3.47. The van der Waals surface area contributed by atoms with Crippen molar-refractivity contribution in [3.05, 3.63) is 0 Å². The fourth-order valence-corrected chi connectivity index (χ4v) is 1.56. The molecule has 6 heteroatoms. The second-order valence-corrected chi connectivity index (χ2v) is 7.69. The van der Waals surface area contributed by atoms with Crippen LogP contribution in [0.2, 0.25) is 0 Å². The fraction of sp³-hybridized carbons (Fsp3) is 0.909. The zero-order valence-electron chi connectivity index (χ0n) is 11.2. The third-order valence-corrected chi connectivity index (χ3v) is 5.37. The summed E-state index contributed by atoms with van der Waals surface area (Å²) >= 11 is 0. The standard InChI is InChI=1S/C11H23NO4S/c1-6-11(4,7-8-13)12-9(14)10(2,3)17(5,15)16/h13H,6-8H2,1-5H3,(H,12,14). The van der Waals surface area contributed by atoms with Crippen molar-refractivity contribution in [1.82, 2.24) is 5.32 Å². The lowest BCUT2D eigenvalue weighted by atomic mass is 9.94. The highest BCUT2D eigenvalue weighted by Gasteiger charge is 2.40. The highest BCUT2D eigenvalue weighted by molar-refractivity contribution is 7.92. The van der Waals surface area contributed by atoms with Crippen molar-refractivity contribution in [2.75, 3.05) is 12.9 Å². The minimum Gasteiger partial charge on any atom is -0.396 e. The van der Waals surface area contributed by atoms with Crippen LogP contribution in [0.1, 0.15) is 40.5 Å². The van der Waals surface area contributed by atoms with Crippen LogP contribution in [0.5, 0.6) is 0 Å². The van der Waals surface area contributed by atoms with E-state index in [-0.39, 0.29) is 6.61 Å². The van der Waals surface area contributed by atoms with E-state index in [2.05, 4.69) is 5.32 Å². The van der Waals surface area contributed by atoms with Gasteiger partial charge in [-0.05, 0) is 33.6 Å². The molecule has 0 radical (unpaired) electrons. The van der Waals surface area contributed by atoms with E-state index >= 15 is 0 Å². The summed E-state index contributed by atoms with van der Waals surface area (Å²) in [5.41, 5.74) is -0.576. The van der Waals surface area contributed by atoms with E-state index in [1.807, 2.05) is 6.92 Å². The second kappa shape index (κ2) is 5.35. The first-order chi connectivity index (χ1) is 7.50. The van der Waals surface area contributed by atoms with Gasteiger partial charge in [0.05, 0.1) is 0 Å². The number of hydrogen-bond donors (Lipinski definition) is 2. The molecule has 0 saturated heterocycles. The normalized spacial score (nSPS) is 16.4. The van der Waals surface area contributed by atoms with Gasteiger partial charge in [0.25, 0.3) is 0 Å². The summed E-state index contributed by atoms with van der Waals surface area (Å²) in [6, 6.07) is 0. The van der Waals surface area contributed by atoms with Crippen LogP contribution in [0.25, 0.3) is 0 Å². The zero-order valence-corrected chi connectivity index (χ0v) is 12.0. The van der Waals surface area contributed by atoms with E-state index in [1.54, 1.807) is 6.92 Å². The zero-order chi connectivity index (χ0) is 13.9. The quantitative estimate of drug-likeness (QED) is 0.731. The third kappa shape index (κ3) is 3.96. The minimum absolute atomic E-state index is 0.0517. The van der Waals surface area contributed by atoms with Crippen LogP contribution < -0.4 is 5.32 Å². The van der Waals surface area contributed by atoms with Gasteiger partial charge in [0.1, 0.15) is 4.75 Å². The average molecular weight is 265 g/mol. The van der Waals surface area contributed by atoms with Gasteiger partial charge < -0.3 is 10.4 Å². The van der Waals surface area contributed by atoms with Gasteiger partial charge >= 0.3 is 0 Å². The van der Waals surface area contributed by atoms with Crippen molar-refractivity contribution >= 4 is 15.7 Å². The molecule has 17 heavy (non-hydrogen) atoms. The highest BCUT2D eigenvalue weighted by Crippen LogP contribution is 2.20. The van der Waals surface area contributed by atoms with E-state index < -0.39 is 26.0 Å². The molecule has 0 heterocycles. The van der Waals surface area contributed by atoms with Gasteiger partial charge in [-0.25, -0.2) is 8.42 Å². The number of aliphatic hydroxyl groups is 1. The first-order valence-corrected chi connectivity index (χ1v) is 7.52. The molecule has 0 aromatic rings. The van der Waals surface area contributed by atoms with Gasteiger partial charge in [-0.2, -0.15) is 0 Å². The fourth-order valence-electron chi connectivity index (χ4n) is 1.17. The molecule has 0 fully saturated rings. The van der Waals surface area contributed by atoms with E-state index in [0.29, 0.717) is 12.8 Å². The smallest absolute Gasteiger partial charge is 0.241 e. The number of amides is 1. The Morgan fingerprint density at radius 3 is 2.06 bits per heavy atom. The molecule has 0 saturated carbocycles.